The van der Waals surface area contributed by atoms with Crippen LogP contribution in [0.15, 0.2) is 36.5 Å². The Balaban J connectivity index is 3.53. The first-order valence-corrected chi connectivity index (χ1v) is 27.7. The van der Waals surface area contributed by atoms with E-state index in [4.69, 9.17) is 4.74 Å². The van der Waals surface area contributed by atoms with Gasteiger partial charge in [-0.3, -0.25) is 9.59 Å². The van der Waals surface area contributed by atoms with Gasteiger partial charge in [0.15, 0.2) is 0 Å². The molecule has 0 aromatic carbocycles. The second-order valence-electron chi connectivity index (χ2n) is 18.9. The average Bonchev–Trinajstić information content (AvgIpc) is 3.28. The Morgan fingerprint density at radius 2 is 0.810 bits per heavy atom. The molecule has 0 bridgehead atoms. The van der Waals surface area contributed by atoms with Crippen LogP contribution in [0.25, 0.3) is 0 Å². The fraction of sp³-hybridized carbons (Fsp3) is 0.860. The number of unbranched alkanes of at least 4 members (excludes halogenated alkanes) is 34. The highest BCUT2D eigenvalue weighted by Gasteiger charge is 2.20. The summed E-state index contributed by atoms with van der Waals surface area (Å²) in [6, 6.07) is -0.581. The predicted octanol–water partition coefficient (Wildman–Crippen LogP) is 16.9. The number of nitrogens with one attached hydrogen (secondary N) is 1. The molecule has 3 N–H and O–H groups in total. The van der Waals surface area contributed by atoms with E-state index in [1.807, 2.05) is 0 Å². The molecule has 0 fully saturated rings. The van der Waals surface area contributed by atoms with Crippen molar-refractivity contribution in [1.29, 1.82) is 0 Å². The molecule has 0 rings (SSSR count). The van der Waals surface area contributed by atoms with Crippen molar-refractivity contribution in [3.63, 3.8) is 0 Å². The van der Waals surface area contributed by atoms with Crippen LogP contribution in [0, 0.1) is 0 Å². The van der Waals surface area contributed by atoms with Crippen LogP contribution in [0.3, 0.4) is 0 Å². The second kappa shape index (κ2) is 52.7. The molecule has 0 aliphatic rings. The molecule has 63 heavy (non-hydrogen) atoms. The molecule has 0 heterocycles. The van der Waals surface area contributed by atoms with E-state index < -0.39 is 12.1 Å². The maximum absolute atomic E-state index is 12.5. The van der Waals surface area contributed by atoms with Crippen LogP contribution >= 0.6 is 0 Å². The zero-order valence-electron chi connectivity index (χ0n) is 42.1. The lowest BCUT2D eigenvalue weighted by Crippen LogP contribution is -2.45. The average molecular weight is 886 g/mol. The van der Waals surface area contributed by atoms with Crippen LogP contribution in [0.2, 0.25) is 0 Å². The van der Waals surface area contributed by atoms with Crippen LogP contribution in [0.5, 0.6) is 0 Å². The predicted molar refractivity (Wildman–Crippen MR) is 273 cm³/mol. The molecule has 0 aromatic rings. The molecule has 370 valence electrons. The van der Waals surface area contributed by atoms with Gasteiger partial charge in [0.1, 0.15) is 0 Å². The first kappa shape index (κ1) is 61.1. The Kier molecular flexibility index (Phi) is 51.1. The lowest BCUT2D eigenvalue weighted by molar-refractivity contribution is -0.143. The van der Waals surface area contributed by atoms with Crippen LogP contribution in [-0.4, -0.2) is 47.4 Å². The van der Waals surface area contributed by atoms with Gasteiger partial charge >= 0.3 is 5.97 Å². The van der Waals surface area contributed by atoms with Gasteiger partial charge in [-0.1, -0.05) is 237 Å². The number of hydrogen-bond acceptors (Lipinski definition) is 5. The van der Waals surface area contributed by atoms with E-state index in [1.165, 1.54) is 180 Å². The summed E-state index contributed by atoms with van der Waals surface area (Å²) in [5, 5.41) is 23.2. The molecule has 0 aromatic heterocycles. The zero-order chi connectivity index (χ0) is 45.8. The summed E-state index contributed by atoms with van der Waals surface area (Å²) >= 11 is 0. The number of aliphatic hydroxyl groups excluding tert-OH is 2. The van der Waals surface area contributed by atoms with Gasteiger partial charge in [-0.2, -0.15) is 0 Å². The molecule has 0 spiro atoms. The van der Waals surface area contributed by atoms with E-state index in [2.05, 4.69) is 55.6 Å². The maximum Gasteiger partial charge on any atom is 0.305 e. The Morgan fingerprint density at radius 3 is 1.29 bits per heavy atom. The van der Waals surface area contributed by atoms with Crippen LogP contribution in [0.1, 0.15) is 290 Å². The third kappa shape index (κ3) is 49.4. The molecule has 6 heteroatoms. The van der Waals surface area contributed by atoms with Gasteiger partial charge in [-0.25, -0.2) is 0 Å². The Bertz CT molecular complexity index is 1020. The number of ether oxygens (including phenoxy) is 1. The summed E-state index contributed by atoms with van der Waals surface area (Å²) in [4.78, 5) is 24.5. The van der Waals surface area contributed by atoms with Crippen LogP contribution in [-0.2, 0) is 14.3 Å². The minimum atomic E-state index is -0.697. The number of amides is 1. The van der Waals surface area contributed by atoms with E-state index in [1.54, 1.807) is 0 Å². The molecule has 6 nitrogen and oxygen atoms in total. The summed E-state index contributed by atoms with van der Waals surface area (Å²) in [7, 11) is 0. The Morgan fingerprint density at radius 1 is 0.444 bits per heavy atom. The van der Waals surface area contributed by atoms with E-state index in [9.17, 15) is 19.8 Å². The fourth-order valence-corrected chi connectivity index (χ4v) is 8.38. The quantitative estimate of drug-likeness (QED) is 0.0321. The number of rotatable bonds is 51. The van der Waals surface area contributed by atoms with E-state index >= 15 is 0 Å². The van der Waals surface area contributed by atoms with Gasteiger partial charge in [-0.15, -0.1) is 0 Å². The summed E-state index contributed by atoms with van der Waals surface area (Å²) in [6.45, 7) is 4.84. The summed E-state index contributed by atoms with van der Waals surface area (Å²) in [5.41, 5.74) is 0. The van der Waals surface area contributed by atoms with Crippen molar-refractivity contribution in [3.8, 4) is 0 Å². The molecular weight excluding hydrogens is 779 g/mol. The molecule has 0 aliphatic heterocycles. The van der Waals surface area contributed by atoms with E-state index in [-0.39, 0.29) is 18.5 Å². The normalized spacial score (nSPS) is 12.9. The smallest absolute Gasteiger partial charge is 0.305 e. The largest absolute Gasteiger partial charge is 0.466 e. The second-order valence-corrected chi connectivity index (χ2v) is 18.9. The van der Waals surface area contributed by atoms with Gasteiger partial charge in [0.2, 0.25) is 5.91 Å². The van der Waals surface area contributed by atoms with Crippen molar-refractivity contribution in [2.75, 3.05) is 13.2 Å². The Labute approximate surface area is 392 Å². The SMILES string of the molecule is CCCCC/C=C\C/C=C\CCCCCCCCCC(=O)OCCCCCC/C=C\CCCC(=O)NC(CO)C(O)CCCCCCCCCCCCCCCCCCCCCC. The highest BCUT2D eigenvalue weighted by atomic mass is 16.5. The standard InChI is InChI=1S/C57H107NO5/c1-3-5-7-9-11-13-15-17-19-21-22-23-25-26-28-30-33-37-41-45-49-55(60)54(53-59)58-56(61)50-46-42-38-34-32-36-40-44-48-52-63-57(62)51-47-43-39-35-31-29-27-24-20-18-16-14-12-10-8-6-4-2/h12,14,18,20,34,38,54-55,59-60H,3-11,13,15-17,19,21-33,35-37,39-53H2,1-2H3,(H,58,61)/b14-12-,20-18-,38-34-. The molecule has 2 atom stereocenters. The zero-order valence-corrected chi connectivity index (χ0v) is 42.1. The van der Waals surface area contributed by atoms with Crippen molar-refractivity contribution in [1.82, 2.24) is 5.32 Å². The topological polar surface area (TPSA) is 95.9 Å². The van der Waals surface area contributed by atoms with Gasteiger partial charge < -0.3 is 20.3 Å². The maximum atomic E-state index is 12.5. The molecule has 0 saturated carbocycles. The fourth-order valence-electron chi connectivity index (χ4n) is 8.38. The van der Waals surface area contributed by atoms with Gasteiger partial charge in [-0.05, 0) is 77.0 Å². The number of carbonyl (C=O) groups is 2. The van der Waals surface area contributed by atoms with Crippen molar-refractivity contribution < 1.29 is 24.5 Å². The number of hydrogen-bond donors (Lipinski definition) is 3. The summed E-state index contributed by atoms with van der Waals surface area (Å²) in [6.07, 6.45) is 64.2. The van der Waals surface area contributed by atoms with Gasteiger partial charge in [0.25, 0.3) is 0 Å². The summed E-state index contributed by atoms with van der Waals surface area (Å²) in [5.74, 6) is -0.138. The number of allylic oxidation sites excluding steroid dienone is 6. The van der Waals surface area contributed by atoms with Crippen LogP contribution in [0.4, 0.5) is 0 Å². The van der Waals surface area contributed by atoms with Crippen molar-refractivity contribution in [2.24, 2.45) is 0 Å². The number of carbonyl (C=O) groups excluding carboxylic acids is 2. The summed E-state index contributed by atoms with van der Waals surface area (Å²) < 4.78 is 5.45. The van der Waals surface area contributed by atoms with Crippen LogP contribution < -0.4 is 5.32 Å². The monoisotopic (exact) mass is 886 g/mol. The number of esters is 1. The molecular formula is C57H107NO5. The minimum Gasteiger partial charge on any atom is -0.466 e. The van der Waals surface area contributed by atoms with Gasteiger partial charge in [0, 0.05) is 12.8 Å². The highest BCUT2D eigenvalue weighted by molar-refractivity contribution is 5.76. The molecule has 0 saturated heterocycles. The molecule has 1 amide bonds. The third-order valence-electron chi connectivity index (χ3n) is 12.7. The first-order valence-electron chi connectivity index (χ1n) is 27.7. The van der Waals surface area contributed by atoms with Crippen molar-refractivity contribution in [3.05, 3.63) is 36.5 Å². The van der Waals surface area contributed by atoms with Crippen molar-refractivity contribution >= 4 is 11.9 Å². The molecule has 2 unspecified atom stereocenters. The van der Waals surface area contributed by atoms with Crippen molar-refractivity contribution in [2.45, 2.75) is 302 Å². The Hall–Kier alpha value is -1.92. The molecule has 0 radical (unpaired) electrons. The van der Waals surface area contributed by atoms with Gasteiger partial charge in [0.05, 0.1) is 25.4 Å². The van der Waals surface area contributed by atoms with E-state index in [0.29, 0.717) is 25.9 Å². The third-order valence-corrected chi connectivity index (χ3v) is 12.7. The first-order chi connectivity index (χ1) is 31.0. The minimum absolute atomic E-state index is 0.0431. The molecule has 0 aliphatic carbocycles. The van der Waals surface area contributed by atoms with E-state index in [0.717, 1.165) is 77.0 Å². The number of aliphatic hydroxyl groups is 2. The highest BCUT2D eigenvalue weighted by Crippen LogP contribution is 2.17. The lowest BCUT2D eigenvalue weighted by Gasteiger charge is -2.22. The lowest BCUT2D eigenvalue weighted by atomic mass is 10.0.